The van der Waals surface area contributed by atoms with E-state index < -0.39 is 0 Å². The Morgan fingerprint density at radius 3 is 1.94 bits per heavy atom. The molecule has 0 aliphatic heterocycles. The molecule has 4 nitrogen and oxygen atoms in total. The average Bonchev–Trinajstić information content (AvgIpc) is 2.85. The van der Waals surface area contributed by atoms with Crippen molar-refractivity contribution in [2.45, 2.75) is 136 Å². The summed E-state index contributed by atoms with van der Waals surface area (Å²) in [5.41, 5.74) is 0.400. The van der Waals surface area contributed by atoms with E-state index in [2.05, 4.69) is 66.0 Å². The molecule has 0 amide bonds. The van der Waals surface area contributed by atoms with Crippen LogP contribution in [0.1, 0.15) is 100 Å². The molecule has 0 radical (unpaired) electrons. The minimum Gasteiger partial charge on any atom is -0.391 e. The molecule has 0 saturated heterocycles. The number of rotatable bonds is 2. The van der Waals surface area contributed by atoms with Gasteiger partial charge in [-0.3, -0.25) is 0 Å². The molecular formula is C27H51ClN2O2. The quantitative estimate of drug-likeness (QED) is 0.463. The Morgan fingerprint density at radius 1 is 0.750 bits per heavy atom. The highest BCUT2D eigenvalue weighted by Crippen LogP contribution is 2.66. The Balaban J connectivity index is 0.00000289. The summed E-state index contributed by atoms with van der Waals surface area (Å²) in [7, 11) is 0. The van der Waals surface area contributed by atoms with Gasteiger partial charge in [-0.2, -0.15) is 0 Å². The average molecular weight is 471 g/mol. The number of halogens is 1. The number of nitrogens with one attached hydrogen (secondary N) is 2. The highest BCUT2D eigenvalue weighted by atomic mass is 35.5. The van der Waals surface area contributed by atoms with Crippen molar-refractivity contribution in [3.8, 4) is 0 Å². The predicted octanol–water partition coefficient (Wildman–Crippen LogP) is 4.91. The van der Waals surface area contributed by atoms with Crippen molar-refractivity contribution < 1.29 is 10.2 Å². The van der Waals surface area contributed by atoms with Gasteiger partial charge in [-0.05, 0) is 121 Å². The van der Waals surface area contributed by atoms with Crippen LogP contribution in [0.2, 0.25) is 0 Å². The Bertz CT molecular complexity index is 674. The molecule has 4 aliphatic carbocycles. The second-order valence-corrected chi connectivity index (χ2v) is 14.4. The fourth-order valence-corrected chi connectivity index (χ4v) is 8.72. The van der Waals surface area contributed by atoms with Crippen LogP contribution in [0, 0.1) is 34.5 Å². The van der Waals surface area contributed by atoms with E-state index in [9.17, 15) is 10.2 Å². The second-order valence-electron chi connectivity index (χ2n) is 14.4. The number of aliphatic hydroxyl groups excluding tert-OH is 2. The Labute approximate surface area is 203 Å². The number of hydrogen-bond donors (Lipinski definition) is 4. The van der Waals surface area contributed by atoms with Crippen LogP contribution in [0.5, 0.6) is 0 Å². The van der Waals surface area contributed by atoms with Crippen LogP contribution >= 0.6 is 12.4 Å². The van der Waals surface area contributed by atoms with Crippen LogP contribution in [0.15, 0.2) is 0 Å². The predicted molar refractivity (Wildman–Crippen MR) is 135 cm³/mol. The molecule has 0 aromatic heterocycles. The van der Waals surface area contributed by atoms with E-state index in [0.29, 0.717) is 23.2 Å². The van der Waals surface area contributed by atoms with E-state index in [0.717, 1.165) is 31.6 Å². The summed E-state index contributed by atoms with van der Waals surface area (Å²) in [5, 5.41) is 29.9. The van der Waals surface area contributed by atoms with Gasteiger partial charge in [0.25, 0.3) is 0 Å². The van der Waals surface area contributed by atoms with Crippen molar-refractivity contribution in [3.63, 3.8) is 0 Å². The maximum atomic E-state index is 11.4. The first kappa shape index (κ1) is 26.7. The summed E-state index contributed by atoms with van der Waals surface area (Å²) in [4.78, 5) is 0. The molecule has 0 spiro atoms. The third-order valence-electron chi connectivity index (χ3n) is 9.95. The fourth-order valence-electron chi connectivity index (χ4n) is 8.72. The van der Waals surface area contributed by atoms with Gasteiger partial charge < -0.3 is 20.8 Å². The summed E-state index contributed by atoms with van der Waals surface area (Å²) in [6.07, 6.45) is 7.60. The molecule has 0 unspecified atom stereocenters. The van der Waals surface area contributed by atoms with Gasteiger partial charge in [0.2, 0.25) is 0 Å². The summed E-state index contributed by atoms with van der Waals surface area (Å²) in [6.45, 7) is 18.2. The highest BCUT2D eigenvalue weighted by Gasteiger charge is 2.63. The zero-order valence-electron chi connectivity index (χ0n) is 21.9. The molecule has 10 atom stereocenters. The summed E-state index contributed by atoms with van der Waals surface area (Å²) < 4.78 is 0. The molecule has 188 valence electrons. The van der Waals surface area contributed by atoms with Gasteiger partial charge in [0.15, 0.2) is 0 Å². The first-order valence-corrected chi connectivity index (χ1v) is 13.1. The molecule has 32 heavy (non-hydrogen) atoms. The van der Waals surface area contributed by atoms with Gasteiger partial charge in [-0.1, -0.05) is 13.8 Å². The lowest BCUT2D eigenvalue weighted by molar-refractivity contribution is -0.142. The lowest BCUT2D eigenvalue weighted by Crippen LogP contribution is -2.61. The number of fused-ring (bicyclic) bond motifs is 5. The lowest BCUT2D eigenvalue weighted by atomic mass is 9.44. The maximum absolute atomic E-state index is 11.4. The summed E-state index contributed by atoms with van der Waals surface area (Å²) >= 11 is 0. The minimum absolute atomic E-state index is 0. The third kappa shape index (κ3) is 4.65. The Kier molecular flexibility index (Phi) is 7.23. The van der Waals surface area contributed by atoms with Crippen LogP contribution in [0.4, 0.5) is 0 Å². The molecule has 5 heteroatoms. The number of aliphatic hydroxyl groups is 2. The first-order chi connectivity index (χ1) is 14.1. The standard InChI is InChI=1S/C27H50N2O2.ClH/c1-24(2,3)28-20-14-19-17-10-9-16-13-22(30)21(29-25(4,5)6)15-27(16,8)18(17)11-12-26(19,7)23(20)31;/h16-23,28-31H,9-15H2,1-8H3;1H/t16-,17+,18-,19-,20-,21-,22-,23+,26-,27-;/m0./s1. The Hall–Kier alpha value is 0.130. The monoisotopic (exact) mass is 470 g/mol. The summed E-state index contributed by atoms with van der Waals surface area (Å²) in [6, 6.07) is 0.403. The fraction of sp³-hybridized carbons (Fsp3) is 1.00. The van der Waals surface area contributed by atoms with Gasteiger partial charge in [0, 0.05) is 23.2 Å². The van der Waals surface area contributed by atoms with Crippen LogP contribution in [-0.2, 0) is 0 Å². The molecule has 4 rings (SSSR count). The van der Waals surface area contributed by atoms with Crippen LogP contribution in [-0.4, -0.2) is 45.6 Å². The van der Waals surface area contributed by atoms with E-state index in [1.54, 1.807) is 0 Å². The molecule has 4 N–H and O–H groups in total. The van der Waals surface area contributed by atoms with E-state index in [-0.39, 0.29) is 53.2 Å². The van der Waals surface area contributed by atoms with E-state index in [1.807, 2.05) is 0 Å². The van der Waals surface area contributed by atoms with Gasteiger partial charge >= 0.3 is 0 Å². The third-order valence-corrected chi connectivity index (χ3v) is 9.95. The van der Waals surface area contributed by atoms with Crippen molar-refractivity contribution in [1.29, 1.82) is 0 Å². The molecule has 4 saturated carbocycles. The SMILES string of the molecule is CC(C)(C)N[C@H]1C[C@H]2[C@@H]3CC[C@H]4C[C@H](O)[C@@H](NC(C)(C)C)C[C@]4(C)[C@H]3CC[C@]2(C)[C@@H]1O.Cl. The van der Waals surface area contributed by atoms with E-state index in [4.69, 9.17) is 0 Å². The molecule has 4 aliphatic rings. The van der Waals surface area contributed by atoms with Crippen molar-refractivity contribution in [2.75, 3.05) is 0 Å². The molecule has 0 aromatic carbocycles. The van der Waals surface area contributed by atoms with Gasteiger partial charge in [0.05, 0.1) is 12.2 Å². The highest BCUT2D eigenvalue weighted by molar-refractivity contribution is 5.85. The van der Waals surface area contributed by atoms with E-state index >= 15 is 0 Å². The number of hydrogen-bond acceptors (Lipinski definition) is 4. The first-order valence-electron chi connectivity index (χ1n) is 13.1. The summed E-state index contributed by atoms with van der Waals surface area (Å²) in [5.74, 6) is 2.69. The minimum atomic E-state index is -0.244. The Morgan fingerprint density at radius 2 is 1.34 bits per heavy atom. The topological polar surface area (TPSA) is 64.5 Å². The van der Waals surface area contributed by atoms with Crippen LogP contribution < -0.4 is 10.6 Å². The maximum Gasteiger partial charge on any atom is 0.0749 e. The smallest absolute Gasteiger partial charge is 0.0749 e. The molecule has 0 heterocycles. The largest absolute Gasteiger partial charge is 0.391 e. The molecule has 0 aromatic rings. The van der Waals surface area contributed by atoms with Crippen molar-refractivity contribution in [3.05, 3.63) is 0 Å². The lowest BCUT2D eigenvalue weighted by Gasteiger charge is -2.62. The molecule has 0 bridgehead atoms. The van der Waals surface area contributed by atoms with Crippen molar-refractivity contribution in [2.24, 2.45) is 34.5 Å². The normalized spacial score (nSPS) is 48.9. The van der Waals surface area contributed by atoms with Crippen LogP contribution in [0.25, 0.3) is 0 Å². The van der Waals surface area contributed by atoms with Gasteiger partial charge in [-0.25, -0.2) is 0 Å². The zero-order valence-corrected chi connectivity index (χ0v) is 22.7. The van der Waals surface area contributed by atoms with Crippen LogP contribution in [0.3, 0.4) is 0 Å². The van der Waals surface area contributed by atoms with Gasteiger partial charge in [0.1, 0.15) is 0 Å². The van der Waals surface area contributed by atoms with Crippen molar-refractivity contribution >= 4 is 12.4 Å². The van der Waals surface area contributed by atoms with Crippen molar-refractivity contribution in [1.82, 2.24) is 10.6 Å². The second kappa shape index (κ2) is 8.66. The van der Waals surface area contributed by atoms with E-state index in [1.165, 1.54) is 19.3 Å². The van der Waals surface area contributed by atoms with Gasteiger partial charge in [-0.15, -0.1) is 12.4 Å². The molecule has 4 fully saturated rings. The molecular weight excluding hydrogens is 420 g/mol. The zero-order chi connectivity index (χ0) is 23.0.